The van der Waals surface area contributed by atoms with E-state index in [4.69, 9.17) is 5.11 Å². The molecule has 1 aromatic rings. The number of thiazole rings is 1. The van der Waals surface area contributed by atoms with E-state index in [9.17, 15) is 9.59 Å². The summed E-state index contributed by atoms with van der Waals surface area (Å²) >= 11 is 3.88. The highest BCUT2D eigenvalue weighted by molar-refractivity contribution is 9.10. The standard InChI is InChI=1S/C6H4BrNO3S/c7-4(6(10)11)5(9)3-1-8-2-12-3/h1-2,4H,(H,10,11). The fourth-order valence-electron chi connectivity index (χ4n) is 0.575. The van der Waals surface area contributed by atoms with Crippen LogP contribution in [-0.4, -0.2) is 26.7 Å². The van der Waals surface area contributed by atoms with E-state index < -0.39 is 16.6 Å². The summed E-state index contributed by atoms with van der Waals surface area (Å²) in [5.74, 6) is -1.65. The minimum atomic E-state index is -1.19. The molecule has 6 heteroatoms. The summed E-state index contributed by atoms with van der Waals surface area (Å²) in [6.45, 7) is 0. The fraction of sp³-hybridized carbons (Fsp3) is 0.167. The normalized spacial score (nSPS) is 12.4. The van der Waals surface area contributed by atoms with E-state index in [2.05, 4.69) is 20.9 Å². The zero-order valence-corrected chi connectivity index (χ0v) is 8.13. The van der Waals surface area contributed by atoms with E-state index >= 15 is 0 Å². The van der Waals surface area contributed by atoms with E-state index in [-0.39, 0.29) is 0 Å². The average Bonchev–Trinajstić information content (AvgIpc) is 2.53. The van der Waals surface area contributed by atoms with Crippen molar-refractivity contribution < 1.29 is 14.7 Å². The van der Waals surface area contributed by atoms with Gasteiger partial charge in [0.2, 0.25) is 0 Å². The zero-order valence-electron chi connectivity index (χ0n) is 5.73. The molecule has 1 heterocycles. The van der Waals surface area contributed by atoms with Crippen molar-refractivity contribution in [1.82, 2.24) is 4.98 Å². The lowest BCUT2D eigenvalue weighted by Crippen LogP contribution is -2.22. The van der Waals surface area contributed by atoms with Crippen LogP contribution in [0.2, 0.25) is 0 Å². The maximum atomic E-state index is 11.2. The van der Waals surface area contributed by atoms with Crippen LogP contribution in [0.1, 0.15) is 9.67 Å². The van der Waals surface area contributed by atoms with Crippen LogP contribution in [-0.2, 0) is 4.79 Å². The van der Waals surface area contributed by atoms with Crippen LogP contribution in [0.15, 0.2) is 11.7 Å². The molecule has 0 saturated heterocycles. The molecule has 0 saturated carbocycles. The molecule has 1 atom stereocenters. The lowest BCUT2D eigenvalue weighted by atomic mass is 10.2. The van der Waals surface area contributed by atoms with Crippen molar-refractivity contribution in [3.8, 4) is 0 Å². The van der Waals surface area contributed by atoms with Gasteiger partial charge in [0.05, 0.1) is 10.4 Å². The van der Waals surface area contributed by atoms with Gasteiger partial charge in [0, 0.05) is 6.20 Å². The minimum absolute atomic E-state index is 0.347. The second kappa shape index (κ2) is 3.77. The van der Waals surface area contributed by atoms with Gasteiger partial charge in [-0.3, -0.25) is 14.6 Å². The number of Topliss-reactive ketones (excluding diaryl/α,β-unsaturated/α-hetero) is 1. The number of ketones is 1. The third-order valence-corrected chi connectivity index (χ3v) is 2.72. The summed E-state index contributed by atoms with van der Waals surface area (Å²) in [4.78, 5) is 24.4. The second-order valence-corrected chi connectivity index (χ2v) is 3.73. The minimum Gasteiger partial charge on any atom is -0.480 e. The van der Waals surface area contributed by atoms with Gasteiger partial charge in [-0.1, -0.05) is 15.9 Å². The van der Waals surface area contributed by atoms with E-state index in [0.29, 0.717) is 4.88 Å². The molecule has 1 unspecified atom stereocenters. The van der Waals surface area contributed by atoms with Crippen molar-refractivity contribution in [1.29, 1.82) is 0 Å². The molecule has 1 aromatic heterocycles. The monoisotopic (exact) mass is 249 g/mol. The number of carbonyl (C=O) groups is 2. The van der Waals surface area contributed by atoms with Gasteiger partial charge < -0.3 is 5.11 Å². The first-order valence-corrected chi connectivity index (χ1v) is 4.72. The third kappa shape index (κ3) is 1.89. The predicted molar refractivity (Wildman–Crippen MR) is 46.8 cm³/mol. The Hall–Kier alpha value is -0.750. The number of carboxylic acids is 1. The number of nitrogens with zero attached hydrogens (tertiary/aromatic N) is 1. The second-order valence-electron chi connectivity index (χ2n) is 1.93. The number of alkyl halides is 1. The molecule has 0 aromatic carbocycles. The van der Waals surface area contributed by atoms with Gasteiger partial charge >= 0.3 is 5.97 Å². The smallest absolute Gasteiger partial charge is 0.325 e. The topological polar surface area (TPSA) is 67.3 Å². The lowest BCUT2D eigenvalue weighted by molar-refractivity contribution is -0.135. The van der Waals surface area contributed by atoms with Crippen molar-refractivity contribution in [2.75, 3.05) is 0 Å². The predicted octanol–water partition coefficient (Wildman–Crippen LogP) is 1.17. The number of hydrogen-bond donors (Lipinski definition) is 1. The van der Waals surface area contributed by atoms with Crippen LogP contribution in [0, 0.1) is 0 Å². The van der Waals surface area contributed by atoms with Crippen LogP contribution < -0.4 is 0 Å². The Kier molecular flexibility index (Phi) is 2.93. The molecular formula is C6H4BrNO3S. The zero-order chi connectivity index (χ0) is 9.14. The Bertz CT molecular complexity index is 298. The Labute approximate surface area is 80.4 Å². The molecule has 0 aliphatic rings. The van der Waals surface area contributed by atoms with Crippen molar-refractivity contribution in [2.24, 2.45) is 0 Å². The fourth-order valence-corrected chi connectivity index (χ4v) is 1.56. The van der Waals surface area contributed by atoms with Crippen LogP contribution in [0.25, 0.3) is 0 Å². The molecule has 0 radical (unpaired) electrons. The quantitative estimate of drug-likeness (QED) is 0.496. The largest absolute Gasteiger partial charge is 0.480 e. The maximum Gasteiger partial charge on any atom is 0.325 e. The van der Waals surface area contributed by atoms with Gasteiger partial charge in [-0.05, 0) is 0 Å². The summed E-state index contributed by atoms with van der Waals surface area (Å²) in [6, 6.07) is 0. The molecule has 0 amide bonds. The SMILES string of the molecule is O=C(O)C(Br)C(=O)c1cncs1. The highest BCUT2D eigenvalue weighted by Crippen LogP contribution is 2.13. The van der Waals surface area contributed by atoms with Gasteiger partial charge in [0.1, 0.15) is 0 Å². The van der Waals surface area contributed by atoms with Crippen molar-refractivity contribution >= 4 is 39.0 Å². The van der Waals surface area contributed by atoms with Crippen LogP contribution in [0.5, 0.6) is 0 Å². The Balaban J connectivity index is 2.79. The summed E-state index contributed by atoms with van der Waals surface area (Å²) in [7, 11) is 0. The van der Waals surface area contributed by atoms with Crippen LogP contribution in [0.4, 0.5) is 0 Å². The molecule has 12 heavy (non-hydrogen) atoms. The molecule has 0 bridgehead atoms. The first-order valence-electron chi connectivity index (χ1n) is 2.92. The average molecular weight is 250 g/mol. The Morgan fingerprint density at radius 2 is 2.33 bits per heavy atom. The maximum absolute atomic E-state index is 11.2. The number of halogens is 1. The van der Waals surface area contributed by atoms with Gasteiger partial charge in [-0.15, -0.1) is 11.3 Å². The number of carboxylic acid groups (broad SMARTS) is 1. The highest BCUT2D eigenvalue weighted by Gasteiger charge is 2.24. The summed E-state index contributed by atoms with van der Waals surface area (Å²) < 4.78 is 0. The van der Waals surface area contributed by atoms with Crippen LogP contribution >= 0.6 is 27.3 Å². The summed E-state index contributed by atoms with van der Waals surface area (Å²) in [5, 5.41) is 8.47. The van der Waals surface area contributed by atoms with Gasteiger partial charge in [-0.25, -0.2) is 0 Å². The van der Waals surface area contributed by atoms with Gasteiger partial charge in [0.25, 0.3) is 0 Å². The van der Waals surface area contributed by atoms with Gasteiger partial charge in [0.15, 0.2) is 10.6 Å². The van der Waals surface area contributed by atoms with E-state index in [1.165, 1.54) is 11.7 Å². The van der Waals surface area contributed by atoms with Gasteiger partial charge in [-0.2, -0.15) is 0 Å². The Morgan fingerprint density at radius 1 is 1.67 bits per heavy atom. The first kappa shape index (κ1) is 9.34. The highest BCUT2D eigenvalue weighted by atomic mass is 79.9. The molecular weight excluding hydrogens is 246 g/mol. The molecule has 0 aliphatic carbocycles. The number of aliphatic carboxylic acids is 1. The molecule has 4 nitrogen and oxygen atoms in total. The van der Waals surface area contributed by atoms with Crippen LogP contribution in [0.3, 0.4) is 0 Å². The lowest BCUT2D eigenvalue weighted by Gasteiger charge is -1.98. The van der Waals surface area contributed by atoms with Crippen molar-refractivity contribution in [3.05, 3.63) is 16.6 Å². The van der Waals surface area contributed by atoms with E-state index in [0.717, 1.165) is 11.3 Å². The summed E-state index contributed by atoms with van der Waals surface area (Å²) in [5.41, 5.74) is 1.48. The summed E-state index contributed by atoms with van der Waals surface area (Å²) in [6.07, 6.45) is 1.35. The Morgan fingerprint density at radius 3 is 2.75 bits per heavy atom. The molecule has 1 rings (SSSR count). The van der Waals surface area contributed by atoms with Crippen molar-refractivity contribution in [3.63, 3.8) is 0 Å². The number of carbonyl (C=O) groups excluding carboxylic acids is 1. The third-order valence-electron chi connectivity index (χ3n) is 1.12. The first-order chi connectivity index (χ1) is 5.63. The molecule has 0 fully saturated rings. The number of rotatable bonds is 3. The number of aromatic nitrogens is 1. The van der Waals surface area contributed by atoms with Crippen molar-refractivity contribution in [2.45, 2.75) is 4.83 Å². The molecule has 0 spiro atoms. The molecule has 64 valence electrons. The van der Waals surface area contributed by atoms with E-state index in [1.807, 2.05) is 0 Å². The molecule has 1 N–H and O–H groups in total. The molecule has 0 aliphatic heterocycles. The number of hydrogen-bond acceptors (Lipinski definition) is 4. The van der Waals surface area contributed by atoms with E-state index in [1.54, 1.807) is 0 Å².